The van der Waals surface area contributed by atoms with E-state index in [1.807, 2.05) is 6.07 Å². The van der Waals surface area contributed by atoms with Gasteiger partial charge in [0.25, 0.3) is 0 Å². The lowest BCUT2D eigenvalue weighted by molar-refractivity contribution is -0.137. The van der Waals surface area contributed by atoms with Gasteiger partial charge in [0, 0.05) is 6.42 Å². The zero-order valence-electron chi connectivity index (χ0n) is 9.27. The summed E-state index contributed by atoms with van der Waals surface area (Å²) in [4.78, 5) is 10.3. The zero-order valence-corrected chi connectivity index (χ0v) is 9.27. The molecule has 0 spiro atoms. The number of phenols is 1. The highest BCUT2D eigenvalue weighted by atomic mass is 16.5. The van der Waals surface area contributed by atoms with Crippen molar-refractivity contribution in [1.29, 1.82) is 0 Å². The molecule has 0 aromatic heterocycles. The van der Waals surface area contributed by atoms with Crippen molar-refractivity contribution in [2.75, 3.05) is 7.11 Å². The van der Waals surface area contributed by atoms with Gasteiger partial charge in [0.05, 0.1) is 7.11 Å². The maximum absolute atomic E-state index is 10.3. The molecule has 0 aliphatic rings. The third-order valence-corrected chi connectivity index (χ3v) is 2.35. The molecule has 0 aliphatic heterocycles. The Bertz CT molecular complexity index is 360. The molecule has 0 amide bonds. The number of carboxylic acid groups (broad SMARTS) is 1. The fourth-order valence-electron chi connectivity index (χ4n) is 1.50. The van der Waals surface area contributed by atoms with E-state index in [0.29, 0.717) is 12.2 Å². The summed E-state index contributed by atoms with van der Waals surface area (Å²) >= 11 is 0. The maximum Gasteiger partial charge on any atom is 0.303 e. The summed E-state index contributed by atoms with van der Waals surface area (Å²) in [5.74, 6) is -0.190. The molecule has 1 rings (SSSR count). The van der Waals surface area contributed by atoms with Gasteiger partial charge in [0.2, 0.25) is 0 Å². The third kappa shape index (κ3) is 3.81. The predicted octanol–water partition coefficient (Wildman–Crippen LogP) is 2.20. The lowest BCUT2D eigenvalue weighted by Crippen LogP contribution is -1.95. The van der Waals surface area contributed by atoms with Crippen LogP contribution >= 0.6 is 0 Å². The summed E-state index contributed by atoms with van der Waals surface area (Å²) < 4.78 is 4.93. The normalized spacial score (nSPS) is 10.1. The molecule has 16 heavy (non-hydrogen) atoms. The van der Waals surface area contributed by atoms with Crippen molar-refractivity contribution in [2.45, 2.75) is 25.7 Å². The average Bonchev–Trinajstić information content (AvgIpc) is 2.24. The first-order valence-electron chi connectivity index (χ1n) is 5.21. The zero-order chi connectivity index (χ0) is 12.0. The van der Waals surface area contributed by atoms with Gasteiger partial charge >= 0.3 is 5.97 Å². The average molecular weight is 224 g/mol. The molecule has 0 aliphatic carbocycles. The van der Waals surface area contributed by atoms with Crippen LogP contribution in [0.3, 0.4) is 0 Å². The number of aryl methyl sites for hydroxylation is 1. The molecule has 2 N–H and O–H groups in total. The van der Waals surface area contributed by atoms with Gasteiger partial charge in [-0.3, -0.25) is 4.79 Å². The number of rotatable bonds is 6. The Kier molecular flexibility index (Phi) is 4.64. The fourth-order valence-corrected chi connectivity index (χ4v) is 1.50. The van der Waals surface area contributed by atoms with Gasteiger partial charge in [-0.1, -0.05) is 6.07 Å². The smallest absolute Gasteiger partial charge is 0.303 e. The number of ether oxygens (including phenoxy) is 1. The van der Waals surface area contributed by atoms with Gasteiger partial charge in [-0.2, -0.15) is 0 Å². The van der Waals surface area contributed by atoms with Crippen LogP contribution in [0.4, 0.5) is 0 Å². The number of aromatic hydroxyl groups is 1. The molecule has 0 bridgehead atoms. The van der Waals surface area contributed by atoms with Crippen LogP contribution in [0.25, 0.3) is 0 Å². The minimum Gasteiger partial charge on any atom is -0.504 e. The highest BCUT2D eigenvalue weighted by molar-refractivity contribution is 5.66. The molecule has 4 nitrogen and oxygen atoms in total. The molecule has 88 valence electrons. The van der Waals surface area contributed by atoms with Crippen molar-refractivity contribution in [3.05, 3.63) is 23.8 Å². The number of aliphatic carboxylic acids is 1. The van der Waals surface area contributed by atoms with Crippen LogP contribution in [0.5, 0.6) is 11.5 Å². The van der Waals surface area contributed by atoms with Crippen LogP contribution in [0.15, 0.2) is 18.2 Å². The molecule has 0 atom stereocenters. The second-order valence-corrected chi connectivity index (χ2v) is 3.61. The molecular formula is C12H16O4. The first kappa shape index (κ1) is 12.4. The van der Waals surface area contributed by atoms with Crippen LogP contribution in [-0.4, -0.2) is 23.3 Å². The Morgan fingerprint density at radius 1 is 1.38 bits per heavy atom. The molecule has 0 saturated heterocycles. The Morgan fingerprint density at radius 2 is 2.12 bits per heavy atom. The van der Waals surface area contributed by atoms with Crippen LogP contribution in [0, 0.1) is 0 Å². The van der Waals surface area contributed by atoms with Crippen LogP contribution in [0.1, 0.15) is 24.8 Å². The number of unbranched alkanes of at least 4 members (excludes halogenated alkanes) is 1. The standard InChI is InChI=1S/C12H16O4/c1-16-11-7-6-9(8-10(11)13)4-2-3-5-12(14)15/h6-8,13H,2-5H2,1H3,(H,14,15). The van der Waals surface area contributed by atoms with Crippen molar-refractivity contribution >= 4 is 5.97 Å². The third-order valence-electron chi connectivity index (χ3n) is 2.35. The van der Waals surface area contributed by atoms with E-state index >= 15 is 0 Å². The number of methoxy groups -OCH3 is 1. The molecule has 0 heterocycles. The SMILES string of the molecule is COc1ccc(CCCCC(=O)O)cc1O. The van der Waals surface area contributed by atoms with E-state index in [0.717, 1.165) is 18.4 Å². The van der Waals surface area contributed by atoms with Crippen LogP contribution in [0.2, 0.25) is 0 Å². The van der Waals surface area contributed by atoms with Gasteiger partial charge in [-0.05, 0) is 37.0 Å². The number of phenolic OH excluding ortho intramolecular Hbond substituents is 1. The number of hydrogen-bond acceptors (Lipinski definition) is 3. The first-order valence-corrected chi connectivity index (χ1v) is 5.21. The van der Waals surface area contributed by atoms with E-state index in [1.54, 1.807) is 12.1 Å². The monoisotopic (exact) mass is 224 g/mol. The van der Waals surface area contributed by atoms with Gasteiger partial charge in [0.1, 0.15) is 0 Å². The number of carboxylic acids is 1. The first-order chi connectivity index (χ1) is 7.63. The van der Waals surface area contributed by atoms with Gasteiger partial charge in [-0.25, -0.2) is 0 Å². The summed E-state index contributed by atoms with van der Waals surface area (Å²) in [5, 5.41) is 18.0. The van der Waals surface area contributed by atoms with E-state index in [2.05, 4.69) is 0 Å². The molecule has 1 aromatic rings. The summed E-state index contributed by atoms with van der Waals surface area (Å²) in [7, 11) is 1.50. The van der Waals surface area contributed by atoms with Gasteiger partial charge in [0.15, 0.2) is 11.5 Å². The number of carbonyl (C=O) groups is 1. The van der Waals surface area contributed by atoms with E-state index in [4.69, 9.17) is 9.84 Å². The minimum absolute atomic E-state index is 0.123. The summed E-state index contributed by atoms with van der Waals surface area (Å²) in [6, 6.07) is 5.24. The molecule has 1 aromatic carbocycles. The quantitative estimate of drug-likeness (QED) is 0.727. The van der Waals surface area contributed by atoms with E-state index in [1.165, 1.54) is 7.11 Å². The summed E-state index contributed by atoms with van der Waals surface area (Å²) in [5.41, 5.74) is 0.990. The lowest BCUT2D eigenvalue weighted by Gasteiger charge is -2.05. The lowest BCUT2D eigenvalue weighted by atomic mass is 10.1. The van der Waals surface area contributed by atoms with Crippen molar-refractivity contribution in [3.8, 4) is 11.5 Å². The van der Waals surface area contributed by atoms with Gasteiger partial charge in [-0.15, -0.1) is 0 Å². The maximum atomic E-state index is 10.3. The molecule has 0 unspecified atom stereocenters. The van der Waals surface area contributed by atoms with E-state index < -0.39 is 5.97 Å². The number of benzene rings is 1. The number of hydrogen-bond donors (Lipinski definition) is 2. The van der Waals surface area contributed by atoms with E-state index in [-0.39, 0.29) is 12.2 Å². The topological polar surface area (TPSA) is 66.8 Å². The largest absolute Gasteiger partial charge is 0.504 e. The van der Waals surface area contributed by atoms with Gasteiger partial charge < -0.3 is 14.9 Å². The Hall–Kier alpha value is -1.71. The minimum atomic E-state index is -0.766. The second kappa shape index (κ2) is 6.00. The summed E-state index contributed by atoms with van der Waals surface area (Å²) in [6.07, 6.45) is 2.42. The van der Waals surface area contributed by atoms with E-state index in [9.17, 15) is 9.90 Å². The highest BCUT2D eigenvalue weighted by Crippen LogP contribution is 2.26. The highest BCUT2D eigenvalue weighted by Gasteiger charge is 2.03. The molecular weight excluding hydrogens is 208 g/mol. The Balaban J connectivity index is 2.43. The van der Waals surface area contributed by atoms with Crippen LogP contribution < -0.4 is 4.74 Å². The predicted molar refractivity (Wildman–Crippen MR) is 59.8 cm³/mol. The molecule has 0 saturated carbocycles. The van der Waals surface area contributed by atoms with Crippen molar-refractivity contribution < 1.29 is 19.7 Å². The fraction of sp³-hybridized carbons (Fsp3) is 0.417. The summed E-state index contributed by atoms with van der Waals surface area (Å²) in [6.45, 7) is 0. The Labute approximate surface area is 94.5 Å². The molecule has 0 radical (unpaired) electrons. The molecule has 4 heteroatoms. The Morgan fingerprint density at radius 3 is 2.69 bits per heavy atom. The van der Waals surface area contributed by atoms with Crippen molar-refractivity contribution in [3.63, 3.8) is 0 Å². The second-order valence-electron chi connectivity index (χ2n) is 3.61. The van der Waals surface area contributed by atoms with Crippen LogP contribution in [-0.2, 0) is 11.2 Å². The van der Waals surface area contributed by atoms with Crippen molar-refractivity contribution in [1.82, 2.24) is 0 Å². The molecule has 0 fully saturated rings. The van der Waals surface area contributed by atoms with Crippen molar-refractivity contribution in [2.24, 2.45) is 0 Å².